The molecular weight excluding hydrogens is 352 g/mol. The Balaban J connectivity index is 1.72. The summed E-state index contributed by atoms with van der Waals surface area (Å²) in [6.07, 6.45) is 1.72. The summed E-state index contributed by atoms with van der Waals surface area (Å²) in [5.41, 5.74) is 0.892. The zero-order valence-electron chi connectivity index (χ0n) is 15.3. The molecule has 0 saturated carbocycles. The first-order valence-electron chi connectivity index (χ1n) is 9.17. The van der Waals surface area contributed by atoms with Crippen LogP contribution in [0.5, 0.6) is 5.75 Å². The molecule has 0 amide bonds. The summed E-state index contributed by atoms with van der Waals surface area (Å²) in [4.78, 5) is 13.3. The minimum atomic E-state index is -0.628. The highest BCUT2D eigenvalue weighted by atomic mass is 19.1. The van der Waals surface area contributed by atoms with E-state index in [9.17, 15) is 18.7 Å². The van der Waals surface area contributed by atoms with E-state index in [1.165, 1.54) is 24.3 Å². The number of carbonyl (C=O) groups is 1. The van der Waals surface area contributed by atoms with Gasteiger partial charge in [-0.1, -0.05) is 12.1 Å². The monoisotopic (exact) mass is 375 g/mol. The molecule has 1 saturated heterocycles. The summed E-state index contributed by atoms with van der Waals surface area (Å²) in [5.74, 6) is -1.25. The van der Waals surface area contributed by atoms with Crippen molar-refractivity contribution in [2.75, 3.05) is 24.6 Å². The average molecular weight is 375 g/mol. The van der Waals surface area contributed by atoms with Gasteiger partial charge in [-0.05, 0) is 61.1 Å². The van der Waals surface area contributed by atoms with Crippen LogP contribution >= 0.6 is 0 Å². The molecule has 1 aliphatic rings. The first kappa shape index (κ1) is 19.1. The number of anilines is 1. The van der Waals surface area contributed by atoms with Gasteiger partial charge in [0.2, 0.25) is 0 Å². The molecule has 0 radical (unpaired) electrons. The van der Waals surface area contributed by atoms with Crippen LogP contribution in [0.15, 0.2) is 36.4 Å². The predicted octanol–water partition coefficient (Wildman–Crippen LogP) is 4.51. The van der Waals surface area contributed by atoms with Gasteiger partial charge >= 0.3 is 5.97 Å². The summed E-state index contributed by atoms with van der Waals surface area (Å²) in [6.45, 7) is 3.11. The lowest BCUT2D eigenvalue weighted by Crippen LogP contribution is -2.35. The van der Waals surface area contributed by atoms with Crippen molar-refractivity contribution in [3.05, 3.63) is 48.0 Å². The number of piperidine rings is 1. The lowest BCUT2D eigenvalue weighted by molar-refractivity contribution is -0.144. The van der Waals surface area contributed by atoms with E-state index >= 15 is 0 Å². The Labute approximate surface area is 157 Å². The normalized spacial score (nSPS) is 15.0. The quantitative estimate of drug-likeness (QED) is 0.782. The number of rotatable bonds is 5. The number of halogens is 2. The molecule has 1 heterocycles. The van der Waals surface area contributed by atoms with Gasteiger partial charge in [0.15, 0.2) is 0 Å². The third kappa shape index (κ3) is 4.56. The lowest BCUT2D eigenvalue weighted by Gasteiger charge is -2.33. The standard InChI is InChI=1S/C21H23F2NO3/c1-2-27-20(26)10-14-6-8-24(9-7-14)21-18(22)12-16(13-19(21)23)15-4-3-5-17(25)11-15/h3-5,11-14,25H,2,6-10H2,1H3. The molecule has 144 valence electrons. The molecule has 6 heteroatoms. The van der Waals surface area contributed by atoms with Gasteiger partial charge in [-0.2, -0.15) is 0 Å². The Bertz CT molecular complexity index is 794. The summed E-state index contributed by atoms with van der Waals surface area (Å²) in [6, 6.07) is 8.87. The maximum absolute atomic E-state index is 14.7. The van der Waals surface area contributed by atoms with Gasteiger partial charge in [-0.25, -0.2) is 8.78 Å². The van der Waals surface area contributed by atoms with Gasteiger partial charge in [0, 0.05) is 19.5 Å². The van der Waals surface area contributed by atoms with E-state index in [0.717, 1.165) is 0 Å². The molecule has 4 nitrogen and oxygen atoms in total. The fourth-order valence-electron chi connectivity index (χ4n) is 3.54. The zero-order chi connectivity index (χ0) is 19.4. The van der Waals surface area contributed by atoms with Crippen LogP contribution in [-0.2, 0) is 9.53 Å². The third-order valence-electron chi connectivity index (χ3n) is 4.89. The summed E-state index contributed by atoms with van der Waals surface area (Å²) in [7, 11) is 0. The Morgan fingerprint density at radius 2 is 1.81 bits per heavy atom. The molecule has 0 bridgehead atoms. The number of hydrogen-bond acceptors (Lipinski definition) is 4. The van der Waals surface area contributed by atoms with Crippen LogP contribution in [0, 0.1) is 17.6 Å². The van der Waals surface area contributed by atoms with Crippen molar-refractivity contribution in [3.63, 3.8) is 0 Å². The zero-order valence-corrected chi connectivity index (χ0v) is 15.3. The van der Waals surface area contributed by atoms with Crippen molar-refractivity contribution in [3.8, 4) is 16.9 Å². The lowest BCUT2D eigenvalue weighted by atomic mass is 9.93. The van der Waals surface area contributed by atoms with Crippen LogP contribution in [-0.4, -0.2) is 30.8 Å². The van der Waals surface area contributed by atoms with Crippen LogP contribution in [0.3, 0.4) is 0 Å². The first-order valence-corrected chi connectivity index (χ1v) is 9.17. The molecular formula is C21H23F2NO3. The van der Waals surface area contributed by atoms with E-state index in [0.29, 0.717) is 50.1 Å². The van der Waals surface area contributed by atoms with Crippen LogP contribution in [0.2, 0.25) is 0 Å². The fourth-order valence-corrected chi connectivity index (χ4v) is 3.54. The molecule has 27 heavy (non-hydrogen) atoms. The van der Waals surface area contributed by atoms with Gasteiger partial charge in [-0.15, -0.1) is 0 Å². The molecule has 0 aromatic heterocycles. The van der Waals surface area contributed by atoms with Crippen LogP contribution in [0.4, 0.5) is 14.5 Å². The molecule has 0 atom stereocenters. The molecule has 3 rings (SSSR count). The number of ether oxygens (including phenoxy) is 1. The van der Waals surface area contributed by atoms with Crippen molar-refractivity contribution in [2.45, 2.75) is 26.2 Å². The maximum Gasteiger partial charge on any atom is 0.306 e. The molecule has 1 fully saturated rings. The average Bonchev–Trinajstić information content (AvgIpc) is 2.62. The number of phenols is 1. The van der Waals surface area contributed by atoms with Gasteiger partial charge in [0.05, 0.1) is 6.61 Å². The minimum absolute atomic E-state index is 0.0338. The number of esters is 1. The Morgan fingerprint density at radius 3 is 2.41 bits per heavy atom. The second kappa shape index (κ2) is 8.37. The Hall–Kier alpha value is -2.63. The number of aromatic hydroxyl groups is 1. The van der Waals surface area contributed by atoms with Crippen LogP contribution < -0.4 is 4.90 Å². The summed E-state index contributed by atoms with van der Waals surface area (Å²) in [5, 5.41) is 9.56. The largest absolute Gasteiger partial charge is 0.508 e. The molecule has 2 aromatic carbocycles. The first-order chi connectivity index (χ1) is 13.0. The molecule has 0 unspecified atom stereocenters. The molecule has 1 aliphatic heterocycles. The van der Waals surface area contributed by atoms with E-state index in [2.05, 4.69) is 0 Å². The predicted molar refractivity (Wildman–Crippen MR) is 99.6 cm³/mol. The van der Waals surface area contributed by atoms with Gasteiger partial charge in [0.25, 0.3) is 0 Å². The van der Waals surface area contributed by atoms with Crippen molar-refractivity contribution in [1.82, 2.24) is 0 Å². The summed E-state index contributed by atoms with van der Waals surface area (Å²) >= 11 is 0. The van der Waals surface area contributed by atoms with Crippen molar-refractivity contribution < 1.29 is 23.4 Å². The fraction of sp³-hybridized carbons (Fsp3) is 0.381. The van der Waals surface area contributed by atoms with Crippen molar-refractivity contribution in [2.24, 2.45) is 5.92 Å². The van der Waals surface area contributed by atoms with Crippen molar-refractivity contribution in [1.29, 1.82) is 0 Å². The van der Waals surface area contributed by atoms with Gasteiger partial charge in [-0.3, -0.25) is 4.79 Å². The van der Waals surface area contributed by atoms with E-state index in [4.69, 9.17) is 4.74 Å². The molecule has 0 aliphatic carbocycles. The Morgan fingerprint density at radius 1 is 1.15 bits per heavy atom. The number of carbonyl (C=O) groups excluding carboxylic acids is 1. The Kier molecular flexibility index (Phi) is 5.94. The maximum atomic E-state index is 14.7. The van der Waals surface area contributed by atoms with Crippen molar-refractivity contribution >= 4 is 11.7 Å². The topological polar surface area (TPSA) is 49.8 Å². The summed E-state index contributed by atoms with van der Waals surface area (Å²) < 4.78 is 34.3. The number of nitrogens with zero attached hydrogens (tertiary/aromatic N) is 1. The molecule has 0 spiro atoms. The van der Waals surface area contributed by atoms with E-state index in [-0.39, 0.29) is 23.3 Å². The number of benzene rings is 2. The minimum Gasteiger partial charge on any atom is -0.508 e. The SMILES string of the molecule is CCOC(=O)CC1CCN(c2c(F)cc(-c3cccc(O)c3)cc2F)CC1. The second-order valence-corrected chi connectivity index (χ2v) is 6.78. The smallest absolute Gasteiger partial charge is 0.306 e. The van der Waals surface area contributed by atoms with E-state index in [1.54, 1.807) is 24.0 Å². The van der Waals surface area contributed by atoms with E-state index < -0.39 is 11.6 Å². The second-order valence-electron chi connectivity index (χ2n) is 6.78. The third-order valence-corrected chi connectivity index (χ3v) is 4.89. The van der Waals surface area contributed by atoms with E-state index in [1.807, 2.05) is 0 Å². The van der Waals surface area contributed by atoms with Crippen LogP contribution in [0.1, 0.15) is 26.2 Å². The highest BCUT2D eigenvalue weighted by Gasteiger charge is 2.26. The van der Waals surface area contributed by atoms with Gasteiger partial charge in [0.1, 0.15) is 23.1 Å². The highest BCUT2D eigenvalue weighted by molar-refractivity contribution is 5.70. The number of hydrogen-bond donors (Lipinski definition) is 1. The molecule has 1 N–H and O–H groups in total. The van der Waals surface area contributed by atoms with Gasteiger partial charge < -0.3 is 14.7 Å². The highest BCUT2D eigenvalue weighted by Crippen LogP contribution is 2.33. The molecule has 2 aromatic rings. The number of phenolic OH excluding ortho intramolecular Hbond substituents is 1. The van der Waals surface area contributed by atoms with Crippen LogP contribution in [0.25, 0.3) is 11.1 Å².